The Kier molecular flexibility index (Phi) is 5.39. The molecule has 3 aromatic heterocycles. The van der Waals surface area contributed by atoms with Crippen LogP contribution >= 0.6 is 0 Å². The van der Waals surface area contributed by atoms with Gasteiger partial charge >= 0.3 is 0 Å². The van der Waals surface area contributed by atoms with Crippen molar-refractivity contribution in [2.24, 2.45) is 0 Å². The van der Waals surface area contributed by atoms with Gasteiger partial charge in [-0.1, -0.05) is 0 Å². The molecular formula is C20H26N6O. The number of hydrogen-bond acceptors (Lipinski definition) is 6. The van der Waals surface area contributed by atoms with Crippen molar-refractivity contribution in [2.75, 3.05) is 12.4 Å². The number of ether oxygens (including phenoxy) is 1. The Balaban J connectivity index is 1.87. The lowest BCUT2D eigenvalue weighted by Gasteiger charge is -2.13. The van der Waals surface area contributed by atoms with E-state index >= 15 is 0 Å². The van der Waals surface area contributed by atoms with Crippen molar-refractivity contribution >= 4 is 5.95 Å². The Morgan fingerprint density at radius 3 is 2.59 bits per heavy atom. The van der Waals surface area contributed by atoms with E-state index in [1.165, 1.54) is 0 Å². The van der Waals surface area contributed by atoms with Crippen LogP contribution in [0.5, 0.6) is 5.88 Å². The molecule has 0 aliphatic rings. The van der Waals surface area contributed by atoms with Crippen molar-refractivity contribution in [2.45, 2.75) is 47.7 Å². The third kappa shape index (κ3) is 3.77. The van der Waals surface area contributed by atoms with Gasteiger partial charge in [0.2, 0.25) is 11.8 Å². The number of aromatic nitrogens is 5. The summed E-state index contributed by atoms with van der Waals surface area (Å²) in [5.74, 6) is 1.20. The first kappa shape index (κ1) is 18.8. The Bertz CT molecular complexity index is 963. The van der Waals surface area contributed by atoms with E-state index in [1.54, 1.807) is 13.3 Å². The van der Waals surface area contributed by atoms with Gasteiger partial charge in [0.1, 0.15) is 0 Å². The van der Waals surface area contributed by atoms with Gasteiger partial charge in [-0.25, -0.2) is 15.0 Å². The first-order valence-corrected chi connectivity index (χ1v) is 9.07. The molecule has 0 amide bonds. The first-order valence-electron chi connectivity index (χ1n) is 9.07. The predicted octanol–water partition coefficient (Wildman–Crippen LogP) is 3.61. The SMILES string of the molecule is CCn1nc(C)c(-c2ccnc(NCc3c(C)cc(C)nc3OC)n2)c1C. The van der Waals surface area contributed by atoms with Gasteiger partial charge in [-0.3, -0.25) is 4.68 Å². The topological polar surface area (TPSA) is 77.8 Å². The van der Waals surface area contributed by atoms with Crippen LogP contribution in [0.1, 0.15) is 35.1 Å². The fraction of sp³-hybridized carbons (Fsp3) is 0.400. The zero-order chi connectivity index (χ0) is 19.6. The lowest BCUT2D eigenvalue weighted by Crippen LogP contribution is -2.08. The fourth-order valence-electron chi connectivity index (χ4n) is 3.34. The maximum atomic E-state index is 5.43. The molecule has 3 heterocycles. The number of nitrogens with zero attached hydrogens (tertiary/aromatic N) is 5. The van der Waals surface area contributed by atoms with E-state index < -0.39 is 0 Å². The molecule has 0 atom stereocenters. The molecule has 0 saturated carbocycles. The lowest BCUT2D eigenvalue weighted by atomic mass is 10.1. The molecule has 0 aliphatic carbocycles. The van der Waals surface area contributed by atoms with Crippen LogP contribution in [-0.4, -0.2) is 31.8 Å². The molecule has 1 N–H and O–H groups in total. The van der Waals surface area contributed by atoms with Crippen molar-refractivity contribution in [3.05, 3.63) is 46.5 Å². The molecular weight excluding hydrogens is 340 g/mol. The molecule has 7 nitrogen and oxygen atoms in total. The number of rotatable bonds is 6. The van der Waals surface area contributed by atoms with Crippen molar-refractivity contribution in [3.63, 3.8) is 0 Å². The standard InChI is InChI=1S/C20H26N6O/c1-7-26-15(5)18(14(4)25-26)17-8-9-21-20(24-17)22-11-16-12(2)10-13(3)23-19(16)27-6/h8-10H,7,11H2,1-6H3,(H,21,22,24). The van der Waals surface area contributed by atoms with E-state index in [0.29, 0.717) is 18.4 Å². The molecule has 142 valence electrons. The van der Waals surface area contributed by atoms with E-state index in [1.807, 2.05) is 30.7 Å². The molecule has 3 aromatic rings. The molecule has 0 bridgehead atoms. The fourth-order valence-corrected chi connectivity index (χ4v) is 3.34. The summed E-state index contributed by atoms with van der Waals surface area (Å²) in [6, 6.07) is 3.96. The normalized spacial score (nSPS) is 10.9. The highest BCUT2D eigenvalue weighted by Gasteiger charge is 2.15. The summed E-state index contributed by atoms with van der Waals surface area (Å²) < 4.78 is 7.42. The maximum absolute atomic E-state index is 5.43. The largest absolute Gasteiger partial charge is 0.481 e. The zero-order valence-corrected chi connectivity index (χ0v) is 16.8. The maximum Gasteiger partial charge on any atom is 0.223 e. The van der Waals surface area contributed by atoms with Gasteiger partial charge in [0.05, 0.1) is 18.5 Å². The Morgan fingerprint density at radius 1 is 1.15 bits per heavy atom. The van der Waals surface area contributed by atoms with Gasteiger partial charge < -0.3 is 10.1 Å². The van der Waals surface area contributed by atoms with Crippen molar-refractivity contribution in [1.29, 1.82) is 0 Å². The molecule has 3 rings (SSSR count). The van der Waals surface area contributed by atoms with Crippen molar-refractivity contribution < 1.29 is 4.74 Å². The third-order valence-electron chi connectivity index (χ3n) is 4.65. The minimum absolute atomic E-state index is 0.540. The molecule has 7 heteroatoms. The summed E-state index contributed by atoms with van der Waals surface area (Å²) >= 11 is 0. The summed E-state index contributed by atoms with van der Waals surface area (Å²) in [6.45, 7) is 11.6. The summed E-state index contributed by atoms with van der Waals surface area (Å²) in [5.41, 5.74) is 7.08. The van der Waals surface area contributed by atoms with Crippen molar-refractivity contribution in [3.8, 4) is 17.1 Å². The average Bonchev–Trinajstić information content (AvgIpc) is 2.94. The minimum atomic E-state index is 0.540. The second kappa shape index (κ2) is 7.73. The number of anilines is 1. The molecule has 0 saturated heterocycles. The second-order valence-corrected chi connectivity index (χ2v) is 6.55. The summed E-state index contributed by atoms with van der Waals surface area (Å²) in [7, 11) is 1.64. The molecule has 27 heavy (non-hydrogen) atoms. The monoisotopic (exact) mass is 366 g/mol. The van der Waals surface area contributed by atoms with Gasteiger partial charge in [0.25, 0.3) is 0 Å². The number of aryl methyl sites for hydroxylation is 4. The highest BCUT2D eigenvalue weighted by molar-refractivity contribution is 5.65. The summed E-state index contributed by atoms with van der Waals surface area (Å²) in [4.78, 5) is 13.5. The van der Waals surface area contributed by atoms with E-state index in [0.717, 1.165) is 46.0 Å². The highest BCUT2D eigenvalue weighted by atomic mass is 16.5. The van der Waals surface area contributed by atoms with E-state index in [9.17, 15) is 0 Å². The Morgan fingerprint density at radius 2 is 1.93 bits per heavy atom. The van der Waals surface area contributed by atoms with Gasteiger partial charge in [0, 0.05) is 41.8 Å². The van der Waals surface area contributed by atoms with Crippen LogP contribution in [0.4, 0.5) is 5.95 Å². The summed E-state index contributed by atoms with van der Waals surface area (Å²) in [5, 5.41) is 7.88. The molecule has 0 fully saturated rings. The minimum Gasteiger partial charge on any atom is -0.481 e. The van der Waals surface area contributed by atoms with Crippen molar-refractivity contribution in [1.82, 2.24) is 24.7 Å². The summed E-state index contributed by atoms with van der Waals surface area (Å²) in [6.07, 6.45) is 1.77. The number of methoxy groups -OCH3 is 1. The van der Waals surface area contributed by atoms with Gasteiger partial charge in [0.15, 0.2) is 0 Å². The van der Waals surface area contributed by atoms with Gasteiger partial charge in [-0.2, -0.15) is 5.10 Å². The Labute approximate surface area is 159 Å². The molecule has 0 radical (unpaired) electrons. The number of hydrogen-bond donors (Lipinski definition) is 1. The van der Waals surface area contributed by atoms with Crippen LogP contribution in [0, 0.1) is 27.7 Å². The number of pyridine rings is 1. The average molecular weight is 366 g/mol. The van der Waals surface area contributed by atoms with Crippen LogP contribution in [0.15, 0.2) is 18.3 Å². The van der Waals surface area contributed by atoms with E-state index in [2.05, 4.69) is 41.2 Å². The quantitative estimate of drug-likeness (QED) is 0.718. The molecule has 0 aromatic carbocycles. The van der Waals surface area contributed by atoms with Crippen LogP contribution in [0.2, 0.25) is 0 Å². The van der Waals surface area contributed by atoms with Gasteiger partial charge in [-0.15, -0.1) is 0 Å². The third-order valence-corrected chi connectivity index (χ3v) is 4.65. The molecule has 0 spiro atoms. The van der Waals surface area contributed by atoms with Gasteiger partial charge in [-0.05, 0) is 52.3 Å². The van der Waals surface area contributed by atoms with E-state index in [-0.39, 0.29) is 0 Å². The van der Waals surface area contributed by atoms with Crippen LogP contribution in [-0.2, 0) is 13.1 Å². The second-order valence-electron chi connectivity index (χ2n) is 6.55. The predicted molar refractivity (Wildman–Crippen MR) is 106 cm³/mol. The number of nitrogens with one attached hydrogen (secondary N) is 1. The van der Waals surface area contributed by atoms with Crippen LogP contribution in [0.25, 0.3) is 11.3 Å². The zero-order valence-electron chi connectivity index (χ0n) is 16.8. The Hall–Kier alpha value is -2.96. The molecule has 0 unspecified atom stereocenters. The molecule has 0 aliphatic heterocycles. The van der Waals surface area contributed by atoms with Crippen LogP contribution in [0.3, 0.4) is 0 Å². The van der Waals surface area contributed by atoms with Crippen LogP contribution < -0.4 is 10.1 Å². The smallest absolute Gasteiger partial charge is 0.223 e. The highest BCUT2D eigenvalue weighted by Crippen LogP contribution is 2.26. The first-order chi connectivity index (χ1) is 12.9. The lowest BCUT2D eigenvalue weighted by molar-refractivity contribution is 0.391. The van der Waals surface area contributed by atoms with E-state index in [4.69, 9.17) is 9.72 Å².